The molecule has 2 aromatic carbocycles. The average Bonchev–Trinajstić information content (AvgIpc) is 3.31. The molecule has 7 nitrogen and oxygen atoms in total. The van der Waals surface area contributed by atoms with E-state index in [9.17, 15) is 12.8 Å². The van der Waals surface area contributed by atoms with Crippen molar-refractivity contribution >= 4 is 15.5 Å². The number of nitrogens with zero attached hydrogens (tertiary/aromatic N) is 5. The van der Waals surface area contributed by atoms with Gasteiger partial charge in [-0.25, -0.2) is 21.9 Å². The maximum absolute atomic E-state index is 15.2. The molecule has 0 atom stereocenters. The molecule has 1 fully saturated rings. The molecule has 1 aromatic heterocycles. The Bertz CT molecular complexity index is 1250. The van der Waals surface area contributed by atoms with Crippen molar-refractivity contribution in [3.8, 4) is 16.9 Å². The summed E-state index contributed by atoms with van der Waals surface area (Å²) in [6.07, 6.45) is 1.89. The topological polar surface area (TPSA) is 71.3 Å². The average molecular weight is 490 g/mol. The molecule has 3 aromatic rings. The first-order valence-corrected chi connectivity index (χ1v) is 13.3. The van der Waals surface area contributed by atoms with Crippen LogP contribution in [-0.2, 0) is 15.6 Å². The summed E-state index contributed by atoms with van der Waals surface area (Å²) < 4.78 is 55.1. The van der Waals surface area contributed by atoms with E-state index in [1.54, 1.807) is 6.92 Å². The van der Waals surface area contributed by atoms with E-state index in [1.807, 2.05) is 24.3 Å². The molecule has 182 valence electrons. The molecular weight excluding hydrogens is 460 g/mol. The van der Waals surface area contributed by atoms with Crippen LogP contribution in [0.2, 0.25) is 0 Å². The van der Waals surface area contributed by atoms with Crippen molar-refractivity contribution in [1.82, 2.24) is 19.9 Å². The van der Waals surface area contributed by atoms with Crippen LogP contribution in [0.1, 0.15) is 25.8 Å². The van der Waals surface area contributed by atoms with Gasteiger partial charge in [0.05, 0.1) is 17.7 Å². The van der Waals surface area contributed by atoms with Gasteiger partial charge in [0.2, 0.25) is 0 Å². The van der Waals surface area contributed by atoms with Gasteiger partial charge in [-0.2, -0.15) is 0 Å². The number of anilines is 1. The highest BCUT2D eigenvalue weighted by molar-refractivity contribution is 7.90. The minimum absolute atomic E-state index is 0.0591. The van der Waals surface area contributed by atoms with Crippen LogP contribution in [0.5, 0.6) is 0 Å². The molecule has 0 amide bonds. The second-order valence-electron chi connectivity index (χ2n) is 8.48. The summed E-state index contributed by atoms with van der Waals surface area (Å²) >= 11 is 0. The number of benzene rings is 2. The second kappa shape index (κ2) is 10.2. The molecule has 0 N–H and O–H groups in total. The van der Waals surface area contributed by atoms with Gasteiger partial charge in [0, 0.05) is 43.0 Å². The van der Waals surface area contributed by atoms with E-state index in [0.717, 1.165) is 54.7 Å². The number of rotatable bonds is 8. The molecule has 0 radical (unpaired) electrons. The highest BCUT2D eigenvalue weighted by Crippen LogP contribution is 2.27. The fourth-order valence-corrected chi connectivity index (χ4v) is 5.68. The van der Waals surface area contributed by atoms with E-state index in [-0.39, 0.29) is 11.3 Å². The number of hydrogen-bond acceptors (Lipinski definition) is 6. The van der Waals surface area contributed by atoms with Gasteiger partial charge < -0.3 is 9.80 Å². The number of likely N-dealkylation sites (N-methyl/N-ethyl adjacent to an activating group) is 1. The standard InChI is InChI=1S/C24H29F2N5O2S/c1-3-14-34(32,33)17-19-8-9-21(25)24(23(19)26)31-16-22(27-28-31)18-6-5-7-20(15-18)30-12-10-29(4-2)11-13-30/h5-9,15-16H,3-4,10-14,17H2,1-2H3. The second-order valence-corrected chi connectivity index (χ2v) is 10.7. The van der Waals surface area contributed by atoms with Crippen molar-refractivity contribution in [2.24, 2.45) is 0 Å². The van der Waals surface area contributed by atoms with E-state index >= 15 is 4.39 Å². The van der Waals surface area contributed by atoms with Crippen molar-refractivity contribution in [2.75, 3.05) is 43.4 Å². The van der Waals surface area contributed by atoms with Crippen molar-refractivity contribution in [3.63, 3.8) is 0 Å². The molecule has 1 saturated heterocycles. The molecule has 1 aliphatic heterocycles. The van der Waals surface area contributed by atoms with Gasteiger partial charge in [-0.05, 0) is 31.2 Å². The van der Waals surface area contributed by atoms with Gasteiger partial charge in [-0.3, -0.25) is 0 Å². The molecule has 2 heterocycles. The summed E-state index contributed by atoms with van der Waals surface area (Å²) in [6.45, 7) is 8.78. The van der Waals surface area contributed by atoms with E-state index < -0.39 is 32.9 Å². The lowest BCUT2D eigenvalue weighted by atomic mass is 10.1. The first kappa shape index (κ1) is 24.3. The van der Waals surface area contributed by atoms with Gasteiger partial charge in [0.15, 0.2) is 21.5 Å². The number of sulfone groups is 1. The highest BCUT2D eigenvalue weighted by Gasteiger charge is 2.22. The van der Waals surface area contributed by atoms with E-state index in [0.29, 0.717) is 12.1 Å². The summed E-state index contributed by atoms with van der Waals surface area (Å²) in [6, 6.07) is 10.1. The molecular formula is C24H29F2N5O2S. The number of aromatic nitrogens is 3. The quantitative estimate of drug-likeness (QED) is 0.481. The zero-order chi connectivity index (χ0) is 24.3. The number of halogens is 2. The van der Waals surface area contributed by atoms with Crippen molar-refractivity contribution in [1.29, 1.82) is 0 Å². The molecule has 34 heavy (non-hydrogen) atoms. The largest absolute Gasteiger partial charge is 0.369 e. The van der Waals surface area contributed by atoms with Crippen LogP contribution in [0.15, 0.2) is 42.6 Å². The Morgan fingerprint density at radius 2 is 1.79 bits per heavy atom. The SMILES string of the molecule is CCCS(=O)(=O)Cc1ccc(F)c(-n2cc(-c3cccc(N4CCN(CC)CC4)c3)nn2)c1F. The van der Waals surface area contributed by atoms with E-state index in [1.165, 1.54) is 12.3 Å². The van der Waals surface area contributed by atoms with Gasteiger partial charge in [0.25, 0.3) is 0 Å². The fraction of sp³-hybridized carbons (Fsp3) is 0.417. The first-order valence-electron chi connectivity index (χ1n) is 11.5. The molecule has 0 bridgehead atoms. The normalized spacial score (nSPS) is 15.1. The third kappa shape index (κ3) is 5.28. The summed E-state index contributed by atoms with van der Waals surface area (Å²) in [5.41, 5.74) is 1.79. The van der Waals surface area contributed by atoms with Crippen LogP contribution in [0.4, 0.5) is 14.5 Å². The van der Waals surface area contributed by atoms with Crippen LogP contribution >= 0.6 is 0 Å². The third-order valence-electron chi connectivity index (χ3n) is 6.09. The van der Waals surface area contributed by atoms with Gasteiger partial charge in [0.1, 0.15) is 11.4 Å². The summed E-state index contributed by atoms with van der Waals surface area (Å²) in [5.74, 6) is -2.34. The van der Waals surface area contributed by atoms with Gasteiger partial charge >= 0.3 is 0 Å². The monoisotopic (exact) mass is 489 g/mol. The molecule has 4 rings (SSSR count). The van der Waals surface area contributed by atoms with Crippen LogP contribution in [0, 0.1) is 11.6 Å². The Morgan fingerprint density at radius 3 is 2.50 bits per heavy atom. The molecule has 0 saturated carbocycles. The molecule has 0 spiro atoms. The van der Waals surface area contributed by atoms with Crippen LogP contribution in [0.3, 0.4) is 0 Å². The predicted octanol–water partition coefficient (Wildman–Crippen LogP) is 3.68. The Hall–Kier alpha value is -2.85. The van der Waals surface area contributed by atoms with E-state index in [4.69, 9.17) is 0 Å². The van der Waals surface area contributed by atoms with E-state index in [2.05, 4.69) is 27.0 Å². The Balaban J connectivity index is 1.60. The lowest BCUT2D eigenvalue weighted by Crippen LogP contribution is -2.46. The Morgan fingerprint density at radius 1 is 1.03 bits per heavy atom. The molecule has 10 heteroatoms. The number of piperazine rings is 1. The maximum Gasteiger partial charge on any atom is 0.156 e. The predicted molar refractivity (Wildman–Crippen MR) is 129 cm³/mol. The summed E-state index contributed by atoms with van der Waals surface area (Å²) in [5, 5.41) is 8.06. The first-order chi connectivity index (χ1) is 16.3. The highest BCUT2D eigenvalue weighted by atomic mass is 32.2. The minimum atomic E-state index is -3.49. The van der Waals surface area contributed by atoms with Crippen LogP contribution < -0.4 is 4.90 Å². The summed E-state index contributed by atoms with van der Waals surface area (Å²) in [4.78, 5) is 4.70. The lowest BCUT2D eigenvalue weighted by molar-refractivity contribution is 0.271. The van der Waals surface area contributed by atoms with Crippen molar-refractivity contribution in [3.05, 3.63) is 59.8 Å². The van der Waals surface area contributed by atoms with Gasteiger partial charge in [-0.1, -0.05) is 37.3 Å². The Kier molecular flexibility index (Phi) is 7.27. The zero-order valence-electron chi connectivity index (χ0n) is 19.4. The molecule has 1 aliphatic rings. The van der Waals surface area contributed by atoms with Gasteiger partial charge in [-0.15, -0.1) is 5.10 Å². The lowest BCUT2D eigenvalue weighted by Gasteiger charge is -2.35. The Labute approximate surface area is 198 Å². The fourth-order valence-electron chi connectivity index (χ4n) is 4.21. The van der Waals surface area contributed by atoms with Crippen molar-refractivity contribution in [2.45, 2.75) is 26.0 Å². The van der Waals surface area contributed by atoms with Crippen LogP contribution in [0.25, 0.3) is 16.9 Å². The zero-order valence-corrected chi connectivity index (χ0v) is 20.2. The maximum atomic E-state index is 15.2. The smallest absolute Gasteiger partial charge is 0.156 e. The molecule has 0 aliphatic carbocycles. The summed E-state index contributed by atoms with van der Waals surface area (Å²) in [7, 11) is -3.49. The molecule has 0 unspecified atom stereocenters. The van der Waals surface area contributed by atoms with Crippen molar-refractivity contribution < 1.29 is 17.2 Å². The minimum Gasteiger partial charge on any atom is -0.369 e. The number of hydrogen-bond donors (Lipinski definition) is 0. The third-order valence-corrected chi connectivity index (χ3v) is 7.87. The van der Waals surface area contributed by atoms with Crippen LogP contribution in [-0.4, -0.2) is 66.8 Å².